The molecule has 2 aromatic carbocycles. The highest BCUT2D eigenvalue weighted by atomic mass is 19.1. The van der Waals surface area contributed by atoms with Crippen molar-refractivity contribution in [3.05, 3.63) is 59.2 Å². The van der Waals surface area contributed by atoms with E-state index in [4.69, 9.17) is 9.47 Å². The SMILES string of the molecule is COc1cc(OC)cc(C(=O)N2CCC(C)(C(=O)NCc3ccc(F)cc3F)CC2)c1. The molecule has 166 valence electrons. The van der Waals surface area contributed by atoms with Gasteiger partial charge in [0.2, 0.25) is 5.91 Å². The molecule has 0 aliphatic carbocycles. The highest BCUT2D eigenvalue weighted by molar-refractivity contribution is 5.95. The second-order valence-electron chi connectivity index (χ2n) is 7.87. The highest BCUT2D eigenvalue weighted by Gasteiger charge is 2.38. The van der Waals surface area contributed by atoms with Gasteiger partial charge in [-0.05, 0) is 31.0 Å². The number of piperidine rings is 1. The van der Waals surface area contributed by atoms with E-state index in [0.29, 0.717) is 43.0 Å². The molecule has 1 aliphatic heterocycles. The van der Waals surface area contributed by atoms with E-state index in [9.17, 15) is 18.4 Å². The largest absolute Gasteiger partial charge is 0.497 e. The minimum Gasteiger partial charge on any atom is -0.497 e. The molecule has 6 nitrogen and oxygen atoms in total. The third-order valence-electron chi connectivity index (χ3n) is 5.76. The Balaban J connectivity index is 1.61. The molecular weight excluding hydrogens is 406 g/mol. The molecule has 1 N–H and O–H groups in total. The van der Waals surface area contributed by atoms with Gasteiger partial charge in [0.05, 0.1) is 14.2 Å². The minimum atomic E-state index is -0.695. The van der Waals surface area contributed by atoms with Crippen LogP contribution in [0.3, 0.4) is 0 Å². The molecule has 0 aromatic heterocycles. The summed E-state index contributed by atoms with van der Waals surface area (Å²) in [6.07, 6.45) is 0.940. The van der Waals surface area contributed by atoms with Crippen LogP contribution in [0.4, 0.5) is 8.78 Å². The number of methoxy groups -OCH3 is 2. The summed E-state index contributed by atoms with van der Waals surface area (Å²) in [4.78, 5) is 27.4. The number of carbonyl (C=O) groups is 2. The van der Waals surface area contributed by atoms with Crippen molar-refractivity contribution in [2.24, 2.45) is 5.41 Å². The number of benzene rings is 2. The van der Waals surface area contributed by atoms with Crippen molar-refractivity contribution in [3.8, 4) is 11.5 Å². The van der Waals surface area contributed by atoms with Gasteiger partial charge in [-0.25, -0.2) is 8.78 Å². The van der Waals surface area contributed by atoms with Crippen molar-refractivity contribution in [2.45, 2.75) is 26.3 Å². The van der Waals surface area contributed by atoms with Gasteiger partial charge in [0.1, 0.15) is 23.1 Å². The van der Waals surface area contributed by atoms with Crippen molar-refractivity contribution < 1.29 is 27.8 Å². The lowest BCUT2D eigenvalue weighted by molar-refractivity contribution is -0.132. The lowest BCUT2D eigenvalue weighted by Crippen LogP contribution is -2.48. The van der Waals surface area contributed by atoms with Crippen LogP contribution in [0.1, 0.15) is 35.7 Å². The smallest absolute Gasteiger partial charge is 0.254 e. The van der Waals surface area contributed by atoms with Crippen LogP contribution in [0.15, 0.2) is 36.4 Å². The van der Waals surface area contributed by atoms with E-state index in [1.54, 1.807) is 23.1 Å². The number of hydrogen-bond donors (Lipinski definition) is 1. The van der Waals surface area contributed by atoms with E-state index in [2.05, 4.69) is 5.32 Å². The van der Waals surface area contributed by atoms with Gasteiger partial charge in [0.25, 0.3) is 5.91 Å². The molecule has 0 bridgehead atoms. The fourth-order valence-corrected chi connectivity index (χ4v) is 3.60. The first-order valence-corrected chi connectivity index (χ1v) is 10.0. The summed E-state index contributed by atoms with van der Waals surface area (Å²) in [5.74, 6) is -0.682. The van der Waals surface area contributed by atoms with Crippen LogP contribution in [0.25, 0.3) is 0 Å². The van der Waals surface area contributed by atoms with E-state index < -0.39 is 17.0 Å². The standard InChI is InChI=1S/C23H26F2N2O4/c1-23(22(29)26-14-15-4-5-17(24)12-20(15)25)6-8-27(9-7-23)21(28)16-10-18(30-2)13-19(11-16)31-3/h4-5,10-13H,6-9,14H2,1-3H3,(H,26,29). The summed E-state index contributed by atoms with van der Waals surface area (Å²) in [6, 6.07) is 8.27. The number of nitrogens with zero attached hydrogens (tertiary/aromatic N) is 1. The van der Waals surface area contributed by atoms with Gasteiger partial charge in [0.15, 0.2) is 0 Å². The summed E-state index contributed by atoms with van der Waals surface area (Å²) < 4.78 is 37.3. The molecule has 0 saturated carbocycles. The Kier molecular flexibility index (Phi) is 6.77. The summed E-state index contributed by atoms with van der Waals surface area (Å²) in [5.41, 5.74) is -0.00622. The average Bonchev–Trinajstić information content (AvgIpc) is 2.77. The van der Waals surface area contributed by atoms with Gasteiger partial charge in [-0.15, -0.1) is 0 Å². The molecule has 2 amide bonds. The number of hydrogen-bond acceptors (Lipinski definition) is 4. The van der Waals surface area contributed by atoms with E-state index in [1.807, 2.05) is 6.92 Å². The van der Waals surface area contributed by atoms with Crippen molar-refractivity contribution >= 4 is 11.8 Å². The lowest BCUT2D eigenvalue weighted by Gasteiger charge is -2.38. The van der Waals surface area contributed by atoms with E-state index in [1.165, 1.54) is 20.3 Å². The Labute approximate surface area is 180 Å². The van der Waals surface area contributed by atoms with E-state index >= 15 is 0 Å². The second kappa shape index (κ2) is 9.32. The minimum absolute atomic E-state index is 0.0210. The maximum Gasteiger partial charge on any atom is 0.254 e. The van der Waals surface area contributed by atoms with Gasteiger partial charge in [-0.3, -0.25) is 9.59 Å². The van der Waals surface area contributed by atoms with Crippen LogP contribution >= 0.6 is 0 Å². The number of carbonyl (C=O) groups excluding carboxylic acids is 2. The van der Waals surface area contributed by atoms with Crippen LogP contribution in [0.5, 0.6) is 11.5 Å². The summed E-state index contributed by atoms with van der Waals surface area (Å²) in [5, 5.41) is 2.74. The maximum absolute atomic E-state index is 13.8. The number of amides is 2. The van der Waals surface area contributed by atoms with Crippen LogP contribution in [0, 0.1) is 17.0 Å². The normalized spacial score (nSPS) is 15.3. The molecule has 2 aromatic rings. The maximum atomic E-state index is 13.8. The number of rotatable bonds is 6. The van der Waals surface area contributed by atoms with Gasteiger partial charge in [0, 0.05) is 48.3 Å². The molecule has 0 unspecified atom stereocenters. The fourth-order valence-electron chi connectivity index (χ4n) is 3.60. The van der Waals surface area contributed by atoms with E-state index in [0.717, 1.165) is 12.1 Å². The molecule has 1 aliphatic rings. The van der Waals surface area contributed by atoms with Crippen LogP contribution in [0.2, 0.25) is 0 Å². The Bertz CT molecular complexity index is 950. The molecule has 3 rings (SSSR count). The Morgan fingerprint density at radius 2 is 1.65 bits per heavy atom. The Morgan fingerprint density at radius 3 is 2.19 bits per heavy atom. The zero-order valence-corrected chi connectivity index (χ0v) is 17.8. The van der Waals surface area contributed by atoms with Gasteiger partial charge in [-0.2, -0.15) is 0 Å². The Morgan fingerprint density at radius 1 is 1.03 bits per heavy atom. The van der Waals surface area contributed by atoms with Crippen LogP contribution < -0.4 is 14.8 Å². The van der Waals surface area contributed by atoms with Crippen molar-refractivity contribution in [2.75, 3.05) is 27.3 Å². The quantitative estimate of drug-likeness (QED) is 0.758. The number of nitrogens with one attached hydrogen (secondary N) is 1. The molecule has 0 radical (unpaired) electrons. The second-order valence-corrected chi connectivity index (χ2v) is 7.87. The average molecular weight is 432 g/mol. The molecule has 1 fully saturated rings. The monoisotopic (exact) mass is 432 g/mol. The molecular formula is C23H26F2N2O4. The predicted molar refractivity (Wildman–Crippen MR) is 111 cm³/mol. The van der Waals surface area contributed by atoms with Crippen LogP contribution in [-0.2, 0) is 11.3 Å². The van der Waals surface area contributed by atoms with Crippen molar-refractivity contribution in [1.29, 1.82) is 0 Å². The first-order valence-electron chi connectivity index (χ1n) is 10.0. The summed E-state index contributed by atoms with van der Waals surface area (Å²) in [6.45, 7) is 2.63. The van der Waals surface area contributed by atoms with Gasteiger partial charge in [-0.1, -0.05) is 13.0 Å². The summed E-state index contributed by atoms with van der Waals surface area (Å²) >= 11 is 0. The first-order chi connectivity index (χ1) is 14.8. The third kappa shape index (κ3) is 5.13. The zero-order valence-electron chi connectivity index (χ0n) is 17.8. The molecule has 31 heavy (non-hydrogen) atoms. The van der Waals surface area contributed by atoms with Gasteiger partial charge < -0.3 is 19.7 Å². The van der Waals surface area contributed by atoms with Crippen LogP contribution in [-0.4, -0.2) is 44.0 Å². The molecule has 0 spiro atoms. The highest BCUT2D eigenvalue weighted by Crippen LogP contribution is 2.32. The van der Waals surface area contributed by atoms with E-state index in [-0.39, 0.29) is 23.9 Å². The molecule has 1 saturated heterocycles. The molecule has 8 heteroatoms. The Hall–Kier alpha value is -3.16. The van der Waals surface area contributed by atoms with Crippen molar-refractivity contribution in [3.63, 3.8) is 0 Å². The number of ether oxygens (including phenoxy) is 2. The van der Waals surface area contributed by atoms with Gasteiger partial charge >= 0.3 is 0 Å². The van der Waals surface area contributed by atoms with Crippen molar-refractivity contribution in [1.82, 2.24) is 10.2 Å². The fraction of sp³-hybridized carbons (Fsp3) is 0.391. The first kappa shape index (κ1) is 22.5. The zero-order chi connectivity index (χ0) is 22.6. The molecule has 1 heterocycles. The lowest BCUT2D eigenvalue weighted by atomic mass is 9.79. The number of likely N-dealkylation sites (tertiary alicyclic amines) is 1. The topological polar surface area (TPSA) is 67.9 Å². The summed E-state index contributed by atoms with van der Waals surface area (Å²) in [7, 11) is 3.04. The molecule has 0 atom stereocenters. The number of halogens is 2. The third-order valence-corrected chi connectivity index (χ3v) is 5.76. The predicted octanol–water partition coefficient (Wildman–Crippen LogP) is 3.54.